The Kier molecular flexibility index (Phi) is 6.98. The van der Waals surface area contributed by atoms with Gasteiger partial charge < -0.3 is 10.1 Å². The lowest BCUT2D eigenvalue weighted by Crippen LogP contribution is -2.34. The number of carbonyl (C=O) groups is 2. The van der Waals surface area contributed by atoms with E-state index in [1.54, 1.807) is 0 Å². The lowest BCUT2D eigenvalue weighted by molar-refractivity contribution is -0.122. The summed E-state index contributed by atoms with van der Waals surface area (Å²) in [6, 6.07) is 24.3. The van der Waals surface area contributed by atoms with Crippen molar-refractivity contribution < 1.29 is 14.3 Å². The Morgan fingerprint density at radius 2 is 1.71 bits per heavy atom. The molecule has 4 rings (SSSR count). The van der Waals surface area contributed by atoms with Crippen molar-refractivity contribution in [3.8, 4) is 0 Å². The molecule has 0 aliphatic rings. The first kappa shape index (κ1) is 22.7. The molecule has 0 bridgehead atoms. The molecule has 4 aromatic rings. The van der Waals surface area contributed by atoms with E-state index in [0.717, 1.165) is 21.9 Å². The van der Waals surface area contributed by atoms with E-state index in [9.17, 15) is 14.4 Å². The molecule has 8 heteroatoms. The fourth-order valence-corrected chi connectivity index (χ4v) is 3.63. The Morgan fingerprint density at radius 1 is 0.971 bits per heavy atom. The molecule has 1 aromatic heterocycles. The lowest BCUT2D eigenvalue weighted by Gasteiger charge is -2.17. The number of rotatable bonds is 7. The maximum absolute atomic E-state index is 12.6. The predicted octanol–water partition coefficient (Wildman–Crippen LogP) is 4.02. The van der Waals surface area contributed by atoms with Gasteiger partial charge in [-0.2, -0.15) is 4.98 Å². The Hall–Kier alpha value is -4.46. The van der Waals surface area contributed by atoms with E-state index in [1.165, 1.54) is 16.8 Å². The van der Waals surface area contributed by atoms with E-state index in [2.05, 4.69) is 15.6 Å². The number of nitrogens with one attached hydrogen (secondary N) is 2. The van der Waals surface area contributed by atoms with Crippen LogP contribution in [0.3, 0.4) is 0 Å². The molecule has 34 heavy (non-hydrogen) atoms. The van der Waals surface area contributed by atoms with Crippen molar-refractivity contribution in [1.29, 1.82) is 0 Å². The van der Waals surface area contributed by atoms with Gasteiger partial charge in [0.15, 0.2) is 0 Å². The van der Waals surface area contributed by atoms with Crippen LogP contribution in [0, 0.1) is 0 Å². The molecule has 0 spiro atoms. The Labute approximate surface area is 196 Å². The first-order valence-electron chi connectivity index (χ1n) is 10.8. The van der Waals surface area contributed by atoms with Gasteiger partial charge in [0.1, 0.15) is 19.0 Å². The summed E-state index contributed by atoms with van der Waals surface area (Å²) in [6.45, 7) is 1.80. The van der Waals surface area contributed by atoms with Crippen LogP contribution < -0.4 is 16.3 Å². The molecule has 3 aromatic carbocycles. The highest BCUT2D eigenvalue weighted by atomic mass is 16.5. The zero-order chi connectivity index (χ0) is 23.9. The minimum Gasteiger partial charge on any atom is -0.444 e. The SMILES string of the molecule is C[C@@H](NC(=O)Cn1ccc(NC(=O)OCc2ccccc2)nc1=O)c1cccc2ccccc12. The summed E-state index contributed by atoms with van der Waals surface area (Å²) in [6.07, 6.45) is 0.680. The number of amides is 2. The second-order valence-electron chi connectivity index (χ2n) is 7.77. The van der Waals surface area contributed by atoms with Crippen LogP contribution in [0.5, 0.6) is 0 Å². The molecule has 0 unspecified atom stereocenters. The molecule has 0 aliphatic heterocycles. The smallest absolute Gasteiger partial charge is 0.413 e. The number of hydrogen-bond acceptors (Lipinski definition) is 5. The molecule has 8 nitrogen and oxygen atoms in total. The quantitative estimate of drug-likeness (QED) is 0.437. The van der Waals surface area contributed by atoms with Gasteiger partial charge in [0, 0.05) is 6.20 Å². The first-order chi connectivity index (χ1) is 16.5. The molecular weight excluding hydrogens is 432 g/mol. The van der Waals surface area contributed by atoms with Crippen molar-refractivity contribution in [3.63, 3.8) is 0 Å². The summed E-state index contributed by atoms with van der Waals surface area (Å²) in [5.74, 6) is -0.281. The number of fused-ring (bicyclic) bond motifs is 1. The van der Waals surface area contributed by atoms with Crippen molar-refractivity contribution in [2.24, 2.45) is 0 Å². The minimum atomic E-state index is -0.727. The van der Waals surface area contributed by atoms with Crippen LogP contribution in [0.25, 0.3) is 10.8 Å². The molecular formula is C26H24N4O4. The second-order valence-corrected chi connectivity index (χ2v) is 7.77. The predicted molar refractivity (Wildman–Crippen MR) is 129 cm³/mol. The van der Waals surface area contributed by atoms with E-state index in [0.29, 0.717) is 0 Å². The Morgan fingerprint density at radius 3 is 2.50 bits per heavy atom. The molecule has 2 N–H and O–H groups in total. The normalized spacial score (nSPS) is 11.6. The fraction of sp³-hybridized carbons (Fsp3) is 0.154. The van der Waals surface area contributed by atoms with E-state index in [-0.39, 0.29) is 30.9 Å². The van der Waals surface area contributed by atoms with Crippen LogP contribution in [-0.4, -0.2) is 21.6 Å². The zero-order valence-corrected chi connectivity index (χ0v) is 18.6. The van der Waals surface area contributed by atoms with Crippen molar-refractivity contribution in [2.75, 3.05) is 5.32 Å². The van der Waals surface area contributed by atoms with Gasteiger partial charge in [-0.1, -0.05) is 72.8 Å². The monoisotopic (exact) mass is 456 g/mol. The zero-order valence-electron chi connectivity index (χ0n) is 18.6. The average Bonchev–Trinajstić information content (AvgIpc) is 2.84. The second kappa shape index (κ2) is 10.4. The maximum Gasteiger partial charge on any atom is 0.413 e. The molecule has 1 atom stereocenters. The molecule has 172 valence electrons. The number of nitrogens with zero attached hydrogens (tertiary/aromatic N) is 2. The standard InChI is InChI=1S/C26H24N4O4/c1-18(21-13-7-11-20-10-5-6-12-22(20)21)27-24(31)16-30-15-14-23(28-25(30)32)29-26(33)34-17-19-8-3-2-4-9-19/h2-15,18H,16-17H2,1H3,(H,27,31)(H,28,29,32,33)/t18-/m1/s1. The molecule has 2 amide bonds. The number of hydrogen-bond donors (Lipinski definition) is 2. The molecule has 0 radical (unpaired) electrons. The van der Waals surface area contributed by atoms with Crippen LogP contribution in [0.2, 0.25) is 0 Å². The van der Waals surface area contributed by atoms with Crippen LogP contribution in [-0.2, 0) is 22.7 Å². The summed E-state index contributed by atoms with van der Waals surface area (Å²) < 4.78 is 6.29. The number of aromatic nitrogens is 2. The van der Waals surface area contributed by atoms with Gasteiger partial charge in [-0.25, -0.2) is 9.59 Å². The summed E-state index contributed by atoms with van der Waals surface area (Å²) in [5.41, 5.74) is 1.17. The molecule has 1 heterocycles. The van der Waals surface area contributed by atoms with Crippen molar-refractivity contribution in [3.05, 3.63) is 107 Å². The largest absolute Gasteiger partial charge is 0.444 e. The number of ether oxygens (including phenoxy) is 1. The van der Waals surface area contributed by atoms with Gasteiger partial charge in [0.25, 0.3) is 0 Å². The number of carbonyl (C=O) groups excluding carboxylic acids is 2. The molecule has 0 saturated carbocycles. The first-order valence-corrected chi connectivity index (χ1v) is 10.8. The molecule has 0 fully saturated rings. The third-order valence-corrected chi connectivity index (χ3v) is 5.30. The number of benzene rings is 3. The Balaban J connectivity index is 1.34. The van der Waals surface area contributed by atoms with E-state index >= 15 is 0 Å². The highest BCUT2D eigenvalue weighted by molar-refractivity contribution is 5.87. The Bertz CT molecular complexity index is 1360. The minimum absolute atomic E-state index is 0.0452. The van der Waals surface area contributed by atoms with Crippen molar-refractivity contribution in [2.45, 2.75) is 26.1 Å². The topological polar surface area (TPSA) is 102 Å². The number of anilines is 1. The average molecular weight is 457 g/mol. The molecule has 0 saturated heterocycles. The highest BCUT2D eigenvalue weighted by Crippen LogP contribution is 2.24. The molecule has 0 aliphatic carbocycles. The summed E-state index contributed by atoms with van der Waals surface area (Å²) >= 11 is 0. The summed E-state index contributed by atoms with van der Waals surface area (Å²) in [4.78, 5) is 40.7. The van der Waals surface area contributed by atoms with Gasteiger partial charge in [-0.05, 0) is 34.9 Å². The van der Waals surface area contributed by atoms with Crippen LogP contribution in [0.1, 0.15) is 24.1 Å². The van der Waals surface area contributed by atoms with Gasteiger partial charge in [-0.15, -0.1) is 0 Å². The van der Waals surface area contributed by atoms with E-state index in [4.69, 9.17) is 4.74 Å². The maximum atomic E-state index is 12.6. The van der Waals surface area contributed by atoms with E-state index < -0.39 is 11.8 Å². The van der Waals surface area contributed by atoms with Gasteiger partial charge in [-0.3, -0.25) is 14.7 Å². The van der Waals surface area contributed by atoms with Crippen LogP contribution in [0.4, 0.5) is 10.6 Å². The third-order valence-electron chi connectivity index (χ3n) is 5.30. The van der Waals surface area contributed by atoms with Gasteiger partial charge >= 0.3 is 11.8 Å². The van der Waals surface area contributed by atoms with Crippen molar-refractivity contribution >= 4 is 28.6 Å². The summed E-state index contributed by atoms with van der Waals surface area (Å²) in [7, 11) is 0. The van der Waals surface area contributed by atoms with E-state index in [1.807, 2.05) is 79.7 Å². The highest BCUT2D eigenvalue weighted by Gasteiger charge is 2.14. The van der Waals surface area contributed by atoms with Gasteiger partial charge in [0.05, 0.1) is 6.04 Å². The van der Waals surface area contributed by atoms with Crippen LogP contribution in [0.15, 0.2) is 89.9 Å². The van der Waals surface area contributed by atoms with Crippen LogP contribution >= 0.6 is 0 Å². The summed E-state index contributed by atoms with van der Waals surface area (Å²) in [5, 5.41) is 7.50. The van der Waals surface area contributed by atoms with Gasteiger partial charge in [0.2, 0.25) is 5.91 Å². The van der Waals surface area contributed by atoms with Crippen molar-refractivity contribution in [1.82, 2.24) is 14.9 Å². The lowest BCUT2D eigenvalue weighted by atomic mass is 10.00. The fourth-order valence-electron chi connectivity index (χ4n) is 3.63. The third kappa shape index (κ3) is 5.66.